The summed E-state index contributed by atoms with van der Waals surface area (Å²) in [6.45, 7) is 24.4. The second kappa shape index (κ2) is 17.2. The Hall–Kier alpha value is -6.03. The maximum atomic E-state index is 14.2. The molecule has 0 bridgehead atoms. The molecule has 5 aromatic rings. The zero-order valence-electron chi connectivity index (χ0n) is 38.5. The van der Waals surface area contributed by atoms with Gasteiger partial charge >= 0.3 is 0 Å². The SMILES string of the molecule is CC(C)(C)C1=CC(=C(N=Nc2ccnc3cc(Cl)ccc23)c2cccc(C(N=Nc3ccnc4cc(Cl)ccc34)=C3C=C(C(C)(C)C)C(=O)C(C(C)(C)C)=C3)n2)C=C(C(C)(C)C)C1=O. The van der Waals surface area contributed by atoms with E-state index in [2.05, 4.69) is 9.97 Å². The smallest absolute Gasteiger partial charge is 0.186 e. The van der Waals surface area contributed by atoms with E-state index in [0.29, 0.717) is 88.7 Å². The van der Waals surface area contributed by atoms with Gasteiger partial charge in [0, 0.05) is 66.7 Å². The molecule has 2 aliphatic carbocycles. The van der Waals surface area contributed by atoms with Crippen molar-refractivity contribution < 1.29 is 9.59 Å². The first-order valence-corrected chi connectivity index (χ1v) is 22.0. The Bertz CT molecular complexity index is 2750. The summed E-state index contributed by atoms with van der Waals surface area (Å²) in [4.78, 5) is 42.7. The highest BCUT2D eigenvalue weighted by Gasteiger charge is 2.36. The number of nitrogens with zero attached hydrogens (tertiary/aromatic N) is 7. The van der Waals surface area contributed by atoms with Crippen LogP contribution in [0.2, 0.25) is 10.0 Å². The second-order valence-electron chi connectivity index (χ2n) is 20.3. The molecule has 3 aromatic heterocycles. The lowest BCUT2D eigenvalue weighted by Gasteiger charge is -2.31. The summed E-state index contributed by atoms with van der Waals surface area (Å²) in [7, 11) is 0. The first kappa shape index (κ1) is 46.0. The van der Waals surface area contributed by atoms with Gasteiger partial charge in [0.05, 0.1) is 33.8 Å². The predicted octanol–water partition coefficient (Wildman–Crippen LogP) is 15.5. The Balaban J connectivity index is 1.54. The first-order chi connectivity index (χ1) is 29.9. The summed E-state index contributed by atoms with van der Waals surface area (Å²) in [5, 5.41) is 22.3. The van der Waals surface area contributed by atoms with Crippen molar-refractivity contribution in [2.75, 3.05) is 0 Å². The van der Waals surface area contributed by atoms with Crippen LogP contribution in [0, 0.1) is 21.7 Å². The van der Waals surface area contributed by atoms with Gasteiger partial charge in [-0.05, 0) is 107 Å². The number of allylic oxidation sites excluding steroid dienone is 10. The summed E-state index contributed by atoms with van der Waals surface area (Å²) in [6, 6.07) is 20.1. The fourth-order valence-electron chi connectivity index (χ4n) is 7.57. The van der Waals surface area contributed by atoms with Crippen molar-refractivity contribution in [2.24, 2.45) is 42.1 Å². The number of azo groups is 2. The molecule has 0 saturated heterocycles. The van der Waals surface area contributed by atoms with E-state index in [1.54, 1.807) is 48.8 Å². The number of pyridine rings is 3. The van der Waals surface area contributed by atoms with Gasteiger partial charge in [-0.2, -0.15) is 0 Å². The topological polar surface area (TPSA) is 122 Å². The largest absolute Gasteiger partial charge is 0.289 e. The molecule has 0 saturated carbocycles. The van der Waals surface area contributed by atoms with Crippen molar-refractivity contribution in [1.29, 1.82) is 0 Å². The highest BCUT2D eigenvalue weighted by atomic mass is 35.5. The van der Waals surface area contributed by atoms with Crippen LogP contribution in [0.4, 0.5) is 11.4 Å². The third kappa shape index (κ3) is 9.71. The lowest BCUT2D eigenvalue weighted by Crippen LogP contribution is -2.28. The Morgan fingerprint density at radius 1 is 0.484 bits per heavy atom. The summed E-state index contributed by atoms with van der Waals surface area (Å²) < 4.78 is 0. The fourth-order valence-corrected chi connectivity index (χ4v) is 7.90. The number of fused-ring (bicyclic) bond motifs is 2. The molecule has 0 N–H and O–H groups in total. The van der Waals surface area contributed by atoms with Gasteiger partial charge in [0.2, 0.25) is 0 Å². The number of aromatic nitrogens is 3. The van der Waals surface area contributed by atoms with Gasteiger partial charge in [-0.25, -0.2) is 4.98 Å². The molecule has 0 aliphatic heterocycles. The van der Waals surface area contributed by atoms with Crippen LogP contribution in [0.3, 0.4) is 0 Å². The molecule has 64 heavy (non-hydrogen) atoms. The maximum Gasteiger partial charge on any atom is 0.186 e. The van der Waals surface area contributed by atoms with Crippen LogP contribution in [0.15, 0.2) is 157 Å². The molecule has 0 unspecified atom stereocenters. The van der Waals surface area contributed by atoms with Gasteiger partial charge < -0.3 is 0 Å². The van der Waals surface area contributed by atoms with Crippen molar-refractivity contribution in [3.63, 3.8) is 0 Å². The third-order valence-corrected chi connectivity index (χ3v) is 11.5. The molecule has 7 rings (SSSR count). The van der Waals surface area contributed by atoms with Crippen LogP contribution < -0.4 is 0 Å². The lowest BCUT2D eigenvalue weighted by atomic mass is 9.71. The van der Waals surface area contributed by atoms with E-state index in [1.165, 1.54) is 0 Å². The number of hydrogen-bond acceptors (Lipinski definition) is 9. The zero-order chi connectivity index (χ0) is 46.5. The number of hydrogen-bond donors (Lipinski definition) is 0. The molecule has 0 radical (unpaired) electrons. The molecular weight excluding hydrogens is 838 g/mol. The summed E-state index contributed by atoms with van der Waals surface area (Å²) in [5.41, 5.74) is 6.34. The average molecular weight is 891 g/mol. The van der Waals surface area contributed by atoms with Crippen LogP contribution in [0.1, 0.15) is 94.5 Å². The molecule has 0 fully saturated rings. The van der Waals surface area contributed by atoms with E-state index in [0.717, 1.165) is 10.8 Å². The van der Waals surface area contributed by atoms with Crippen LogP contribution in [0.5, 0.6) is 0 Å². The number of carbonyl (C=O) groups is 2. The standard InChI is InChI=1S/C53H53Cl2N7O2/c1-50(2,3)36-24-30(25-37(48(36)63)51(4,5)6)46(61-59-40-20-22-56-44-28-32(54)16-18-34(40)44)42-14-13-15-43(58-42)47(62-60-41-21-23-57-45-29-33(55)17-19-35(41)45)31-26-38(52(7,8)9)49(64)39(27-31)53(10,11)12/h13-29H,1-12H3. The quantitative estimate of drug-likeness (QED) is 0.157. The zero-order valence-corrected chi connectivity index (χ0v) is 40.0. The van der Waals surface area contributed by atoms with Crippen molar-refractivity contribution in [1.82, 2.24) is 15.0 Å². The highest BCUT2D eigenvalue weighted by molar-refractivity contribution is 6.31. The van der Waals surface area contributed by atoms with Gasteiger partial charge in [-0.1, -0.05) is 112 Å². The van der Waals surface area contributed by atoms with Crippen molar-refractivity contribution in [2.45, 2.75) is 83.1 Å². The molecule has 0 spiro atoms. The number of Topliss-reactive ketones (excluding diaryl/α,β-unsaturated/α-hetero) is 2. The van der Waals surface area contributed by atoms with Crippen LogP contribution in [-0.2, 0) is 9.59 Å². The van der Waals surface area contributed by atoms with Gasteiger partial charge in [0.15, 0.2) is 11.6 Å². The normalized spacial score (nSPS) is 15.6. The molecule has 326 valence electrons. The van der Waals surface area contributed by atoms with Crippen LogP contribution in [0.25, 0.3) is 33.2 Å². The fraction of sp³-hybridized carbons (Fsp3) is 0.302. The van der Waals surface area contributed by atoms with E-state index in [4.69, 9.17) is 48.6 Å². The summed E-state index contributed by atoms with van der Waals surface area (Å²) in [6.07, 6.45) is 11.0. The summed E-state index contributed by atoms with van der Waals surface area (Å²) in [5.74, 6) is -0.0152. The minimum Gasteiger partial charge on any atom is -0.289 e. The molecule has 0 atom stereocenters. The summed E-state index contributed by atoms with van der Waals surface area (Å²) >= 11 is 12.7. The van der Waals surface area contributed by atoms with Gasteiger partial charge in [0.1, 0.15) is 11.4 Å². The van der Waals surface area contributed by atoms with E-state index < -0.39 is 21.7 Å². The minimum absolute atomic E-state index is 0.00758. The van der Waals surface area contributed by atoms with E-state index in [-0.39, 0.29) is 11.6 Å². The number of carbonyl (C=O) groups excluding carboxylic acids is 2. The van der Waals surface area contributed by atoms with E-state index in [9.17, 15) is 9.59 Å². The molecule has 2 aromatic carbocycles. The Kier molecular flexibility index (Phi) is 12.3. The van der Waals surface area contributed by atoms with Gasteiger partial charge in [0.25, 0.3) is 0 Å². The molecule has 9 nitrogen and oxygen atoms in total. The molecule has 0 amide bonds. The molecule has 3 heterocycles. The van der Waals surface area contributed by atoms with Crippen molar-refractivity contribution in [3.05, 3.63) is 158 Å². The third-order valence-electron chi connectivity index (χ3n) is 11.1. The number of ketones is 2. The molecule has 11 heteroatoms. The monoisotopic (exact) mass is 889 g/mol. The maximum absolute atomic E-state index is 14.2. The van der Waals surface area contributed by atoms with Crippen LogP contribution >= 0.6 is 23.2 Å². The average Bonchev–Trinajstić information content (AvgIpc) is 3.20. The van der Waals surface area contributed by atoms with E-state index >= 15 is 0 Å². The predicted molar refractivity (Wildman–Crippen MR) is 261 cm³/mol. The highest BCUT2D eigenvalue weighted by Crippen LogP contribution is 2.43. The molecule has 2 aliphatic rings. The molecular formula is C53H53Cl2N7O2. The van der Waals surface area contributed by atoms with Gasteiger partial charge in [-0.15, -0.1) is 20.5 Å². The Morgan fingerprint density at radius 3 is 1.16 bits per heavy atom. The Labute approximate surface area is 385 Å². The van der Waals surface area contributed by atoms with Crippen LogP contribution in [-0.4, -0.2) is 26.5 Å². The second-order valence-corrected chi connectivity index (χ2v) is 21.2. The number of halogens is 2. The number of rotatable bonds is 6. The van der Waals surface area contributed by atoms with Crippen molar-refractivity contribution >= 4 is 79.3 Å². The van der Waals surface area contributed by atoms with Gasteiger partial charge in [-0.3, -0.25) is 19.6 Å². The minimum atomic E-state index is -0.488. The lowest BCUT2D eigenvalue weighted by molar-refractivity contribution is -0.114. The first-order valence-electron chi connectivity index (χ1n) is 21.3. The van der Waals surface area contributed by atoms with Crippen molar-refractivity contribution in [3.8, 4) is 0 Å². The Morgan fingerprint density at radius 2 is 0.828 bits per heavy atom. The number of benzene rings is 2. The van der Waals surface area contributed by atoms with E-state index in [1.807, 2.05) is 138 Å².